The van der Waals surface area contributed by atoms with Crippen molar-refractivity contribution in [1.29, 1.82) is 0 Å². The smallest absolute Gasteiger partial charge is 0.195 e. The monoisotopic (exact) mass is 248 g/mol. The van der Waals surface area contributed by atoms with Crippen LogP contribution in [0.4, 0.5) is 0 Å². The Kier molecular flexibility index (Phi) is 10.6. The Bertz CT molecular complexity index is 222. The summed E-state index contributed by atoms with van der Waals surface area (Å²) in [5.41, 5.74) is 2.87. The number of hydrogen-bond donors (Lipinski definition) is 1. The molecule has 0 radical (unpaired) electrons. The fourth-order valence-electron chi connectivity index (χ4n) is 0.984. The highest BCUT2D eigenvalue weighted by atomic mass is 31.0. The van der Waals surface area contributed by atoms with E-state index in [9.17, 15) is 4.79 Å². The van der Waals surface area contributed by atoms with Gasteiger partial charge in [-0.1, -0.05) is 20.8 Å². The molecule has 0 aliphatic rings. The number of nitrogens with zero attached hydrogens (tertiary/aromatic N) is 1. The van der Waals surface area contributed by atoms with E-state index in [0.29, 0.717) is 12.3 Å². The molecule has 0 aliphatic carbocycles. The van der Waals surface area contributed by atoms with E-state index in [4.69, 9.17) is 9.68 Å². The van der Waals surface area contributed by atoms with Crippen LogP contribution in [0.25, 0.3) is 0 Å². The van der Waals surface area contributed by atoms with E-state index in [1.165, 1.54) is 0 Å². The van der Waals surface area contributed by atoms with Crippen LogP contribution in [0.1, 0.15) is 32.6 Å². The van der Waals surface area contributed by atoms with Gasteiger partial charge in [0.15, 0.2) is 5.52 Å². The van der Waals surface area contributed by atoms with Crippen LogP contribution in [0.2, 0.25) is 0 Å². The zero-order chi connectivity index (χ0) is 12.2. The van der Waals surface area contributed by atoms with Gasteiger partial charge >= 0.3 is 0 Å². The van der Waals surface area contributed by atoms with Gasteiger partial charge in [-0.2, -0.15) is 0 Å². The summed E-state index contributed by atoms with van der Waals surface area (Å²) < 4.78 is 0. The molecular formula is C10H21N2O3P. The predicted octanol–water partition coefficient (Wildman–Crippen LogP) is 1.49. The molecular weight excluding hydrogens is 227 g/mol. The van der Waals surface area contributed by atoms with Crippen LogP contribution in [0.5, 0.6) is 0 Å². The van der Waals surface area contributed by atoms with Crippen molar-refractivity contribution in [2.45, 2.75) is 32.6 Å². The second-order valence-corrected chi connectivity index (χ2v) is 3.87. The maximum Gasteiger partial charge on any atom is 0.195 e. The molecule has 0 aromatic carbocycles. The Labute approximate surface area is 99.1 Å². The van der Waals surface area contributed by atoms with E-state index in [2.05, 4.69) is 19.9 Å². The Hall–Kier alpha value is -0.510. The van der Waals surface area contributed by atoms with Crippen LogP contribution in [0.3, 0.4) is 0 Å². The van der Waals surface area contributed by atoms with Crippen LogP contribution in [-0.4, -0.2) is 31.5 Å². The summed E-state index contributed by atoms with van der Waals surface area (Å²) in [7, 11) is 3.81. The highest BCUT2D eigenvalue weighted by Crippen LogP contribution is 2.00. The molecule has 0 spiro atoms. The van der Waals surface area contributed by atoms with Crippen molar-refractivity contribution in [3.63, 3.8) is 0 Å². The molecule has 0 bridgehead atoms. The van der Waals surface area contributed by atoms with E-state index >= 15 is 0 Å². The van der Waals surface area contributed by atoms with E-state index < -0.39 is 0 Å². The molecule has 0 aromatic rings. The first-order valence-electron chi connectivity index (χ1n) is 5.43. The van der Waals surface area contributed by atoms with Crippen molar-refractivity contribution < 1.29 is 14.5 Å². The number of unbranched alkanes of at least 4 members (excludes halogenated alkanes) is 3. The van der Waals surface area contributed by atoms with Crippen molar-refractivity contribution in [2.24, 2.45) is 5.16 Å². The number of rotatable bonds is 10. The standard InChI is InChI=1S/C10H21N2O3P/c1-9(10(13)16)12-15-8-6-4-3-5-7-14-11-2/h11H,3-8,16H2,1-2H3/b12-9-. The first kappa shape index (κ1) is 15.5. The van der Waals surface area contributed by atoms with Gasteiger partial charge < -0.3 is 9.68 Å². The largest absolute Gasteiger partial charge is 0.395 e. The molecule has 0 amide bonds. The van der Waals surface area contributed by atoms with Crippen molar-refractivity contribution >= 4 is 20.5 Å². The van der Waals surface area contributed by atoms with Gasteiger partial charge in [-0.3, -0.25) is 4.79 Å². The third kappa shape index (κ3) is 10.0. The average molecular weight is 248 g/mol. The zero-order valence-corrected chi connectivity index (χ0v) is 11.1. The number of hydrogen-bond acceptors (Lipinski definition) is 5. The molecule has 0 rings (SSSR count). The summed E-state index contributed by atoms with van der Waals surface area (Å²) in [4.78, 5) is 20.7. The molecule has 0 aliphatic heterocycles. The average Bonchev–Trinajstić information content (AvgIpc) is 2.26. The minimum absolute atomic E-state index is 0.135. The lowest BCUT2D eigenvalue weighted by atomic mass is 10.2. The lowest BCUT2D eigenvalue weighted by Gasteiger charge is -2.02. The maximum atomic E-state index is 10.7. The molecule has 0 saturated heterocycles. The number of oxime groups is 1. The summed E-state index contributed by atoms with van der Waals surface area (Å²) in [5, 5.41) is 3.68. The van der Waals surface area contributed by atoms with Gasteiger partial charge in [0.05, 0.1) is 6.61 Å². The Morgan fingerprint density at radius 2 is 1.88 bits per heavy atom. The van der Waals surface area contributed by atoms with E-state index in [1.54, 1.807) is 14.0 Å². The van der Waals surface area contributed by atoms with Crippen molar-refractivity contribution in [1.82, 2.24) is 5.48 Å². The second kappa shape index (κ2) is 11.0. The number of hydroxylamine groups is 1. The molecule has 6 heteroatoms. The summed E-state index contributed by atoms with van der Waals surface area (Å²) in [6.45, 7) is 2.92. The van der Waals surface area contributed by atoms with Gasteiger partial charge in [-0.05, 0) is 26.2 Å². The highest BCUT2D eigenvalue weighted by molar-refractivity contribution is 7.45. The fraction of sp³-hybridized carbons (Fsp3) is 0.800. The van der Waals surface area contributed by atoms with Crippen molar-refractivity contribution in [3.8, 4) is 0 Å². The minimum atomic E-state index is -0.135. The molecule has 1 unspecified atom stereocenters. The molecule has 5 nitrogen and oxygen atoms in total. The van der Waals surface area contributed by atoms with Crippen molar-refractivity contribution in [2.75, 3.05) is 20.3 Å². The molecule has 1 atom stereocenters. The zero-order valence-electron chi connectivity index (χ0n) is 9.99. The van der Waals surface area contributed by atoms with Crippen LogP contribution in [-0.2, 0) is 14.5 Å². The first-order valence-corrected chi connectivity index (χ1v) is 6.01. The van der Waals surface area contributed by atoms with Gasteiger partial charge in [0.25, 0.3) is 0 Å². The van der Waals surface area contributed by atoms with E-state index in [-0.39, 0.29) is 5.52 Å². The summed E-state index contributed by atoms with van der Waals surface area (Å²) in [6, 6.07) is 0. The van der Waals surface area contributed by atoms with Crippen LogP contribution >= 0.6 is 9.24 Å². The molecule has 0 aromatic heterocycles. The molecule has 1 N–H and O–H groups in total. The third-order valence-electron chi connectivity index (χ3n) is 1.93. The molecule has 0 fully saturated rings. The topological polar surface area (TPSA) is 59.9 Å². The minimum Gasteiger partial charge on any atom is -0.395 e. The first-order chi connectivity index (χ1) is 7.68. The summed E-state index contributed by atoms with van der Waals surface area (Å²) in [6.07, 6.45) is 4.17. The maximum absolute atomic E-state index is 10.7. The number of carbonyl (C=O) groups excluding carboxylic acids is 1. The number of carbonyl (C=O) groups is 1. The quantitative estimate of drug-likeness (QED) is 0.275. The summed E-state index contributed by atoms with van der Waals surface area (Å²) >= 11 is 0. The van der Waals surface area contributed by atoms with Crippen LogP contribution in [0.15, 0.2) is 5.16 Å². The normalized spacial score (nSPS) is 11.6. The SMILES string of the molecule is CNOCCCCCCO/N=C(/C)C(=O)P. The predicted molar refractivity (Wildman–Crippen MR) is 67.3 cm³/mol. The van der Waals surface area contributed by atoms with Crippen LogP contribution < -0.4 is 5.48 Å². The van der Waals surface area contributed by atoms with Gasteiger partial charge in [0.1, 0.15) is 12.3 Å². The van der Waals surface area contributed by atoms with Gasteiger partial charge in [0.2, 0.25) is 0 Å². The lowest BCUT2D eigenvalue weighted by molar-refractivity contribution is -0.105. The fourth-order valence-corrected chi connectivity index (χ4v) is 1.04. The van der Waals surface area contributed by atoms with Crippen molar-refractivity contribution in [3.05, 3.63) is 0 Å². The Balaban J connectivity index is 3.21. The van der Waals surface area contributed by atoms with E-state index in [0.717, 1.165) is 32.3 Å². The third-order valence-corrected chi connectivity index (χ3v) is 2.35. The number of nitrogens with one attached hydrogen (secondary N) is 1. The Morgan fingerprint density at radius 3 is 2.44 bits per heavy atom. The van der Waals surface area contributed by atoms with Crippen LogP contribution in [0, 0.1) is 0 Å². The Morgan fingerprint density at radius 1 is 1.25 bits per heavy atom. The van der Waals surface area contributed by atoms with Gasteiger partial charge in [-0.15, -0.1) is 0 Å². The molecule has 94 valence electrons. The van der Waals surface area contributed by atoms with Gasteiger partial charge in [-0.25, -0.2) is 5.48 Å². The summed E-state index contributed by atoms with van der Waals surface area (Å²) in [5.74, 6) is 0. The second-order valence-electron chi connectivity index (χ2n) is 3.34. The molecule has 0 heterocycles. The lowest BCUT2D eigenvalue weighted by Crippen LogP contribution is -2.08. The van der Waals surface area contributed by atoms with Gasteiger partial charge in [0, 0.05) is 7.05 Å². The highest BCUT2D eigenvalue weighted by Gasteiger charge is 1.97. The molecule has 0 saturated carbocycles. The van der Waals surface area contributed by atoms with E-state index in [1.807, 2.05) is 0 Å². The molecule has 16 heavy (non-hydrogen) atoms.